The predicted octanol–water partition coefficient (Wildman–Crippen LogP) is 12.0. The lowest BCUT2D eigenvalue weighted by Gasteiger charge is -2.40. The van der Waals surface area contributed by atoms with Crippen LogP contribution in [0.2, 0.25) is 0 Å². The van der Waals surface area contributed by atoms with Crippen molar-refractivity contribution in [1.82, 2.24) is 5.32 Å². The van der Waals surface area contributed by atoms with Crippen molar-refractivity contribution in [2.75, 3.05) is 13.2 Å². The molecule has 10 heteroatoms. The second-order valence-corrected chi connectivity index (χ2v) is 19.9. The fraction of sp³-hybridized carbons (Fsp3) is 0.981. The van der Waals surface area contributed by atoms with E-state index in [2.05, 4.69) is 19.2 Å². The van der Waals surface area contributed by atoms with Crippen LogP contribution in [-0.4, -0.2) is 98.7 Å². The number of carbonyl (C=O) groups is 1. The largest absolute Gasteiger partial charge is 0.394 e. The monoisotopic (exact) mass is 914 g/mol. The van der Waals surface area contributed by atoms with Crippen molar-refractivity contribution in [3.8, 4) is 0 Å². The minimum atomic E-state index is -1.60. The predicted molar refractivity (Wildman–Crippen MR) is 264 cm³/mol. The standard InChI is InChI=1S/C54H107NO9/c1-3-5-7-9-11-13-15-17-19-21-22-23-24-25-27-29-31-33-35-37-39-41-43-49(58)55-46(45-63-54-53(62)52(61)51(60)48(44-56)64-54)50(59)47(57)42-40-38-36-34-32-30-28-26-20-18-16-14-12-10-8-6-4-2/h46-48,50-54,56-57,59-62H,3-45H2,1-2H3,(H,55,58)/t46-,47+,48+,50-,51-,52-,53+,54-/m0/s1. The molecule has 10 nitrogen and oxygen atoms in total. The Labute approximate surface area is 394 Å². The van der Waals surface area contributed by atoms with Gasteiger partial charge in [0, 0.05) is 6.42 Å². The van der Waals surface area contributed by atoms with Crippen LogP contribution in [0.15, 0.2) is 0 Å². The molecule has 0 bridgehead atoms. The molecule has 1 heterocycles. The molecule has 382 valence electrons. The zero-order chi connectivity index (χ0) is 46.7. The summed E-state index contributed by atoms with van der Waals surface area (Å²) in [5.41, 5.74) is 0. The number of rotatable bonds is 48. The fourth-order valence-corrected chi connectivity index (χ4v) is 9.32. The highest BCUT2D eigenvalue weighted by Gasteiger charge is 2.44. The Morgan fingerprint density at radius 3 is 1.16 bits per heavy atom. The smallest absolute Gasteiger partial charge is 0.220 e. The second-order valence-electron chi connectivity index (χ2n) is 19.9. The molecule has 0 unspecified atom stereocenters. The first-order chi connectivity index (χ1) is 31.3. The number of ether oxygens (including phenoxy) is 2. The summed E-state index contributed by atoms with van der Waals surface area (Å²) in [6.07, 6.45) is 41.1. The maximum Gasteiger partial charge on any atom is 0.220 e. The molecule has 0 aromatic carbocycles. The Morgan fingerprint density at radius 2 is 0.812 bits per heavy atom. The maximum atomic E-state index is 13.1. The summed E-state index contributed by atoms with van der Waals surface area (Å²) in [5, 5.41) is 65.5. The van der Waals surface area contributed by atoms with Crippen LogP contribution >= 0.6 is 0 Å². The van der Waals surface area contributed by atoms with E-state index in [0.29, 0.717) is 6.42 Å². The summed E-state index contributed by atoms with van der Waals surface area (Å²) in [7, 11) is 0. The topological polar surface area (TPSA) is 169 Å². The number of amides is 1. The van der Waals surface area contributed by atoms with Gasteiger partial charge in [0.05, 0.1) is 25.4 Å². The Morgan fingerprint density at radius 1 is 0.484 bits per heavy atom. The molecule has 1 fully saturated rings. The third-order valence-electron chi connectivity index (χ3n) is 13.8. The normalized spacial score (nSPS) is 20.4. The van der Waals surface area contributed by atoms with E-state index in [-0.39, 0.29) is 18.9 Å². The Kier molecular flexibility index (Phi) is 42.7. The van der Waals surface area contributed by atoms with E-state index in [1.165, 1.54) is 212 Å². The van der Waals surface area contributed by atoms with Crippen molar-refractivity contribution in [3.63, 3.8) is 0 Å². The van der Waals surface area contributed by atoms with E-state index >= 15 is 0 Å². The Balaban J connectivity index is 2.27. The van der Waals surface area contributed by atoms with Crippen molar-refractivity contribution >= 4 is 5.91 Å². The van der Waals surface area contributed by atoms with Crippen molar-refractivity contribution < 1.29 is 44.9 Å². The van der Waals surface area contributed by atoms with Gasteiger partial charge in [-0.15, -0.1) is 0 Å². The fourth-order valence-electron chi connectivity index (χ4n) is 9.32. The first-order valence-corrected chi connectivity index (χ1v) is 27.8. The zero-order valence-electron chi connectivity index (χ0n) is 41.9. The molecule has 1 aliphatic heterocycles. The molecule has 0 aromatic heterocycles. The van der Waals surface area contributed by atoms with Crippen LogP contribution < -0.4 is 5.32 Å². The lowest BCUT2D eigenvalue weighted by Crippen LogP contribution is -2.60. The van der Waals surface area contributed by atoms with Crippen LogP contribution in [0.5, 0.6) is 0 Å². The van der Waals surface area contributed by atoms with Crippen LogP contribution in [0.4, 0.5) is 0 Å². The summed E-state index contributed by atoms with van der Waals surface area (Å²) >= 11 is 0. The van der Waals surface area contributed by atoms with E-state index in [1.807, 2.05) is 0 Å². The van der Waals surface area contributed by atoms with Crippen LogP contribution in [-0.2, 0) is 14.3 Å². The zero-order valence-corrected chi connectivity index (χ0v) is 41.9. The first kappa shape index (κ1) is 61.2. The van der Waals surface area contributed by atoms with E-state index in [4.69, 9.17) is 9.47 Å². The lowest BCUT2D eigenvalue weighted by atomic mass is 9.98. The van der Waals surface area contributed by atoms with Crippen molar-refractivity contribution in [1.29, 1.82) is 0 Å². The summed E-state index contributed by atoms with van der Waals surface area (Å²) in [6, 6.07) is -0.986. The number of hydrogen-bond donors (Lipinski definition) is 7. The third-order valence-corrected chi connectivity index (χ3v) is 13.8. The van der Waals surface area contributed by atoms with Gasteiger partial charge in [0.2, 0.25) is 5.91 Å². The highest BCUT2D eigenvalue weighted by molar-refractivity contribution is 5.76. The van der Waals surface area contributed by atoms with Crippen LogP contribution in [0, 0.1) is 0 Å². The SMILES string of the molecule is CCCCCCCCCCCCCCCCCCCCCCCCC(=O)N[C@@H](CO[C@H]1O[C@H](CO)[C@H](O)[C@H](O)[C@H]1O)[C@H](O)[C@H](O)CCCCCCCCCCCCCCCCCCC. The number of hydrogen-bond acceptors (Lipinski definition) is 9. The van der Waals surface area contributed by atoms with Gasteiger partial charge in [0.25, 0.3) is 0 Å². The Hall–Kier alpha value is -0.850. The minimum Gasteiger partial charge on any atom is -0.394 e. The van der Waals surface area contributed by atoms with Gasteiger partial charge in [-0.1, -0.05) is 258 Å². The van der Waals surface area contributed by atoms with Gasteiger partial charge in [0.15, 0.2) is 6.29 Å². The quantitative estimate of drug-likeness (QED) is 0.0294. The molecule has 0 aliphatic carbocycles. The van der Waals surface area contributed by atoms with Gasteiger partial charge < -0.3 is 45.4 Å². The first-order valence-electron chi connectivity index (χ1n) is 27.8. The molecule has 0 aromatic rings. The molecule has 1 aliphatic rings. The van der Waals surface area contributed by atoms with Crippen molar-refractivity contribution in [2.24, 2.45) is 0 Å². The average Bonchev–Trinajstić information content (AvgIpc) is 3.29. The maximum absolute atomic E-state index is 13.1. The van der Waals surface area contributed by atoms with E-state index in [0.717, 1.165) is 38.5 Å². The number of unbranched alkanes of at least 4 members (excludes halogenated alkanes) is 37. The van der Waals surface area contributed by atoms with Gasteiger partial charge in [-0.05, 0) is 12.8 Å². The molecule has 1 rings (SSSR count). The van der Waals surface area contributed by atoms with Crippen molar-refractivity contribution in [3.05, 3.63) is 0 Å². The van der Waals surface area contributed by atoms with Crippen LogP contribution in [0.1, 0.15) is 277 Å². The third kappa shape index (κ3) is 33.6. The Bertz CT molecular complexity index is 988. The molecule has 7 N–H and O–H groups in total. The van der Waals surface area contributed by atoms with E-state index in [1.54, 1.807) is 0 Å². The van der Waals surface area contributed by atoms with Crippen molar-refractivity contribution in [2.45, 2.75) is 326 Å². The molecular formula is C54H107NO9. The summed E-state index contributed by atoms with van der Waals surface area (Å²) in [6.45, 7) is 3.66. The molecule has 0 saturated carbocycles. The number of carbonyl (C=O) groups excluding carboxylic acids is 1. The molecular weight excluding hydrogens is 807 g/mol. The second kappa shape index (κ2) is 44.6. The summed E-state index contributed by atoms with van der Waals surface area (Å²) < 4.78 is 11.2. The summed E-state index contributed by atoms with van der Waals surface area (Å²) in [5.74, 6) is -0.250. The van der Waals surface area contributed by atoms with E-state index in [9.17, 15) is 35.4 Å². The summed E-state index contributed by atoms with van der Waals surface area (Å²) in [4.78, 5) is 13.1. The molecule has 1 saturated heterocycles. The minimum absolute atomic E-state index is 0.250. The number of aliphatic hydroxyl groups excluding tert-OH is 6. The highest BCUT2D eigenvalue weighted by atomic mass is 16.7. The van der Waals surface area contributed by atoms with Gasteiger partial charge in [-0.2, -0.15) is 0 Å². The highest BCUT2D eigenvalue weighted by Crippen LogP contribution is 2.23. The molecule has 64 heavy (non-hydrogen) atoms. The number of aliphatic hydroxyl groups is 6. The van der Waals surface area contributed by atoms with Gasteiger partial charge >= 0.3 is 0 Å². The molecule has 0 spiro atoms. The van der Waals surface area contributed by atoms with Crippen LogP contribution in [0.25, 0.3) is 0 Å². The molecule has 8 atom stereocenters. The molecule has 1 amide bonds. The van der Waals surface area contributed by atoms with E-state index < -0.39 is 55.6 Å². The van der Waals surface area contributed by atoms with Gasteiger partial charge in [-0.3, -0.25) is 4.79 Å². The average molecular weight is 914 g/mol. The number of nitrogens with one attached hydrogen (secondary N) is 1. The van der Waals surface area contributed by atoms with Gasteiger partial charge in [-0.25, -0.2) is 0 Å². The lowest BCUT2D eigenvalue weighted by molar-refractivity contribution is -0.303. The van der Waals surface area contributed by atoms with Gasteiger partial charge in [0.1, 0.15) is 30.5 Å². The van der Waals surface area contributed by atoms with Crippen LogP contribution in [0.3, 0.4) is 0 Å². The molecule has 0 radical (unpaired) electrons.